The van der Waals surface area contributed by atoms with Crippen molar-refractivity contribution in [3.05, 3.63) is 194 Å². The molecule has 0 atom stereocenters. The highest BCUT2D eigenvalue weighted by molar-refractivity contribution is 7.04. The van der Waals surface area contributed by atoms with E-state index in [0.717, 1.165) is 0 Å². The normalized spacial score (nSPS) is 13.1. The standard InChI is InChI=1S/C56H32B2/c1-5-13-39-33(9-1)17-25-43-44-26-18-34-10-2-6-14-40(34)54(44)57(53(39)43)49-31-23-37-22-30-48-50(32-24-38-21-29-47(49)51(37)52(38)48)58-55-41-15-7-3-11-35(41)19-27-45(55)46-28-20-36-12-4-8-16-42(36)56(46)58/h1-32H. The lowest BCUT2D eigenvalue weighted by molar-refractivity contribution is 1.74. The molecule has 2 heteroatoms. The quantitative estimate of drug-likeness (QED) is 0.123. The van der Waals surface area contributed by atoms with Crippen LogP contribution in [0.3, 0.4) is 0 Å². The topological polar surface area (TPSA) is 0 Å². The molecule has 2 heterocycles. The Kier molecular flexibility index (Phi) is 6.01. The van der Waals surface area contributed by atoms with Gasteiger partial charge >= 0.3 is 0 Å². The van der Waals surface area contributed by atoms with Crippen LogP contribution in [0.5, 0.6) is 0 Å². The number of hydrogen-bond donors (Lipinski definition) is 0. The van der Waals surface area contributed by atoms with E-state index in [9.17, 15) is 0 Å². The van der Waals surface area contributed by atoms with Gasteiger partial charge in [-0.2, -0.15) is 0 Å². The summed E-state index contributed by atoms with van der Waals surface area (Å²) in [4.78, 5) is 0. The van der Waals surface area contributed by atoms with E-state index in [2.05, 4.69) is 194 Å². The van der Waals surface area contributed by atoms with Crippen molar-refractivity contribution in [3.8, 4) is 22.3 Å². The molecule has 12 aromatic carbocycles. The van der Waals surface area contributed by atoms with E-state index in [1.54, 1.807) is 0 Å². The summed E-state index contributed by atoms with van der Waals surface area (Å²) in [5.74, 6) is 0. The van der Waals surface area contributed by atoms with E-state index < -0.39 is 0 Å². The molecule has 0 fully saturated rings. The van der Waals surface area contributed by atoms with E-state index in [4.69, 9.17) is 0 Å². The molecule has 262 valence electrons. The molecule has 0 unspecified atom stereocenters. The van der Waals surface area contributed by atoms with E-state index >= 15 is 0 Å². The largest absolute Gasteiger partial charge is 0.245 e. The van der Waals surface area contributed by atoms with Gasteiger partial charge in [0.05, 0.1) is 0 Å². The lowest BCUT2D eigenvalue weighted by atomic mass is 9.37. The molecule has 58 heavy (non-hydrogen) atoms. The predicted octanol–water partition coefficient (Wildman–Crippen LogP) is 10.2. The van der Waals surface area contributed by atoms with Gasteiger partial charge in [-0.05, 0) is 97.7 Å². The molecule has 0 N–H and O–H groups in total. The average molecular weight is 726 g/mol. The van der Waals surface area contributed by atoms with Crippen molar-refractivity contribution in [1.29, 1.82) is 0 Å². The summed E-state index contributed by atoms with van der Waals surface area (Å²) in [5.41, 5.74) is 13.9. The van der Waals surface area contributed by atoms with E-state index in [0.29, 0.717) is 0 Å². The molecule has 2 aliphatic heterocycles. The molecule has 0 bridgehead atoms. The van der Waals surface area contributed by atoms with Gasteiger partial charge in [-0.15, -0.1) is 0 Å². The van der Waals surface area contributed by atoms with Gasteiger partial charge in [-0.25, -0.2) is 0 Å². The lowest BCUT2D eigenvalue weighted by Crippen LogP contribution is -2.50. The Balaban J connectivity index is 1.09. The lowest BCUT2D eigenvalue weighted by Gasteiger charge is -2.22. The van der Waals surface area contributed by atoms with Gasteiger partial charge in [0.15, 0.2) is 0 Å². The highest BCUT2D eigenvalue weighted by Crippen LogP contribution is 2.38. The Bertz CT molecular complexity index is 3350. The Morgan fingerprint density at radius 1 is 0.207 bits per heavy atom. The van der Waals surface area contributed by atoms with Gasteiger partial charge in [0, 0.05) is 0 Å². The van der Waals surface area contributed by atoms with Crippen LogP contribution in [0.1, 0.15) is 0 Å². The fourth-order valence-electron chi connectivity index (χ4n) is 11.6. The summed E-state index contributed by atoms with van der Waals surface area (Å²) in [6, 6.07) is 74.0. The van der Waals surface area contributed by atoms with Gasteiger partial charge in [0.2, 0.25) is 13.4 Å². The molecule has 0 saturated heterocycles. The molecule has 14 rings (SSSR count). The van der Waals surface area contributed by atoms with Crippen LogP contribution in [0, 0.1) is 0 Å². The van der Waals surface area contributed by atoms with Crippen LogP contribution in [-0.4, -0.2) is 13.4 Å². The summed E-state index contributed by atoms with van der Waals surface area (Å²) in [6.45, 7) is 0.190. The maximum Gasteiger partial charge on any atom is 0.245 e. The first-order valence-electron chi connectivity index (χ1n) is 20.6. The third-order valence-corrected chi connectivity index (χ3v) is 14.0. The van der Waals surface area contributed by atoms with Crippen LogP contribution in [0.25, 0.3) is 97.7 Å². The monoisotopic (exact) mass is 726 g/mol. The number of hydrogen-bond acceptors (Lipinski definition) is 0. The molecule has 12 aromatic rings. The van der Waals surface area contributed by atoms with Gasteiger partial charge < -0.3 is 0 Å². The van der Waals surface area contributed by atoms with Crippen molar-refractivity contribution in [2.24, 2.45) is 0 Å². The van der Waals surface area contributed by atoms with Crippen molar-refractivity contribution >= 4 is 122 Å². The second-order valence-electron chi connectivity index (χ2n) is 16.6. The Morgan fingerprint density at radius 3 is 0.810 bits per heavy atom. The summed E-state index contributed by atoms with van der Waals surface area (Å²) in [7, 11) is 0. The first-order valence-corrected chi connectivity index (χ1v) is 20.6. The smallest absolute Gasteiger partial charge is 0.0657 e. The highest BCUT2D eigenvalue weighted by Gasteiger charge is 2.39. The minimum absolute atomic E-state index is 0.0950. The first kappa shape index (κ1) is 31.0. The van der Waals surface area contributed by atoms with Crippen LogP contribution in [0.15, 0.2) is 194 Å². The van der Waals surface area contributed by atoms with Crippen molar-refractivity contribution in [2.45, 2.75) is 0 Å². The molecular formula is C56H32B2. The number of benzene rings is 12. The summed E-state index contributed by atoms with van der Waals surface area (Å²) < 4.78 is 0. The molecule has 2 aliphatic rings. The average Bonchev–Trinajstić information content (AvgIpc) is 3.82. The van der Waals surface area contributed by atoms with E-state index in [1.165, 1.54) is 130 Å². The zero-order chi connectivity index (χ0) is 37.6. The minimum atomic E-state index is 0.0950. The van der Waals surface area contributed by atoms with Crippen molar-refractivity contribution < 1.29 is 0 Å². The van der Waals surface area contributed by atoms with E-state index in [-0.39, 0.29) is 13.4 Å². The molecule has 0 nitrogen and oxygen atoms in total. The van der Waals surface area contributed by atoms with E-state index in [1.807, 2.05) is 0 Å². The molecule has 0 spiro atoms. The zero-order valence-electron chi connectivity index (χ0n) is 31.6. The van der Waals surface area contributed by atoms with Gasteiger partial charge in [-0.3, -0.25) is 0 Å². The number of fused-ring (bicyclic) bond motifs is 14. The van der Waals surface area contributed by atoms with Crippen molar-refractivity contribution in [1.82, 2.24) is 0 Å². The van der Waals surface area contributed by atoms with Crippen LogP contribution in [0.4, 0.5) is 0 Å². The third kappa shape index (κ3) is 3.92. The Morgan fingerprint density at radius 2 is 0.483 bits per heavy atom. The second kappa shape index (κ2) is 11.2. The third-order valence-electron chi connectivity index (χ3n) is 14.0. The maximum atomic E-state index is 2.44. The highest BCUT2D eigenvalue weighted by atomic mass is 14.3. The van der Waals surface area contributed by atoms with Crippen molar-refractivity contribution in [3.63, 3.8) is 0 Å². The molecule has 0 aliphatic carbocycles. The molecule has 0 saturated carbocycles. The molecular weight excluding hydrogens is 694 g/mol. The fourth-order valence-corrected chi connectivity index (χ4v) is 11.6. The van der Waals surface area contributed by atoms with Crippen LogP contribution in [0.2, 0.25) is 0 Å². The SMILES string of the molecule is c1ccc2c3c(ccc2c1)-c1ccc2ccccc2c1B3c1ccc2ccc3c(B4c5c(ccc6ccccc56)-c5ccc6ccccc6c54)ccc4ccc1c2c43. The number of rotatable bonds is 2. The fraction of sp³-hybridized carbons (Fsp3) is 0. The first-order chi connectivity index (χ1) is 28.8. The summed E-state index contributed by atoms with van der Waals surface area (Å²) >= 11 is 0. The van der Waals surface area contributed by atoms with Crippen LogP contribution in [-0.2, 0) is 0 Å². The Labute approximate surface area is 336 Å². The summed E-state index contributed by atoms with van der Waals surface area (Å²) in [5, 5.41) is 18.6. The Hall–Kier alpha value is -7.15. The second-order valence-corrected chi connectivity index (χ2v) is 16.6. The molecule has 0 aromatic heterocycles. The van der Waals surface area contributed by atoms with Crippen LogP contribution < -0.4 is 32.8 Å². The summed E-state index contributed by atoms with van der Waals surface area (Å²) in [6.07, 6.45) is 0. The van der Waals surface area contributed by atoms with Crippen molar-refractivity contribution in [2.75, 3.05) is 0 Å². The molecule has 0 radical (unpaired) electrons. The van der Waals surface area contributed by atoms with Gasteiger partial charge in [0.1, 0.15) is 0 Å². The minimum Gasteiger partial charge on any atom is -0.0657 e. The maximum absolute atomic E-state index is 2.44. The predicted molar refractivity (Wildman–Crippen MR) is 253 cm³/mol. The zero-order valence-corrected chi connectivity index (χ0v) is 31.6. The van der Waals surface area contributed by atoms with Crippen LogP contribution >= 0.6 is 0 Å². The molecule has 0 amide bonds. The van der Waals surface area contributed by atoms with Gasteiger partial charge in [0.25, 0.3) is 0 Å². The van der Waals surface area contributed by atoms with Gasteiger partial charge in [-0.1, -0.05) is 227 Å².